The summed E-state index contributed by atoms with van der Waals surface area (Å²) in [5.74, 6) is 2.09. The summed E-state index contributed by atoms with van der Waals surface area (Å²) in [6.45, 7) is 0.531. The van der Waals surface area contributed by atoms with E-state index in [4.69, 9.17) is 16.6 Å². The van der Waals surface area contributed by atoms with Crippen LogP contribution in [-0.4, -0.2) is 16.3 Å². The molecule has 0 unspecified atom stereocenters. The van der Waals surface area contributed by atoms with Crippen molar-refractivity contribution in [2.75, 3.05) is 6.54 Å². The predicted octanol–water partition coefficient (Wildman–Crippen LogP) is -0.607. The van der Waals surface area contributed by atoms with Crippen molar-refractivity contribution in [2.45, 2.75) is 13.0 Å². The minimum Gasteiger partial charge on any atom is -0.392 e. The van der Waals surface area contributed by atoms with Gasteiger partial charge in [-0.05, 0) is 0 Å². The maximum absolute atomic E-state index is 10.9. The fourth-order valence-electron chi connectivity index (χ4n) is 0.760. The molecule has 2 N–H and O–H groups in total. The number of hydrogen-bond donors (Lipinski definition) is 1. The summed E-state index contributed by atoms with van der Waals surface area (Å²) in [7, 11) is 0. The van der Waals surface area contributed by atoms with Crippen molar-refractivity contribution < 1.29 is 4.42 Å². The van der Waals surface area contributed by atoms with E-state index in [0.717, 1.165) is 4.68 Å². The van der Waals surface area contributed by atoms with E-state index in [2.05, 4.69) is 11.0 Å². The van der Waals surface area contributed by atoms with Crippen molar-refractivity contribution in [3.8, 4) is 12.3 Å². The third-order valence-corrected chi connectivity index (χ3v) is 1.25. The van der Waals surface area contributed by atoms with Crippen molar-refractivity contribution >= 4 is 12.4 Å². The van der Waals surface area contributed by atoms with Gasteiger partial charge < -0.3 is 10.2 Å². The lowest BCUT2D eigenvalue weighted by atomic mass is 10.4. The van der Waals surface area contributed by atoms with Crippen LogP contribution in [0.15, 0.2) is 9.21 Å². The summed E-state index contributed by atoms with van der Waals surface area (Å²) in [4.78, 5) is 10.9. The molecule has 72 valence electrons. The van der Waals surface area contributed by atoms with E-state index in [0.29, 0.717) is 18.9 Å². The van der Waals surface area contributed by atoms with Gasteiger partial charge >= 0.3 is 5.76 Å². The Hall–Kier alpha value is -1.25. The number of nitrogens with two attached hydrogens (primary N) is 1. The smallest absolute Gasteiger partial charge is 0.392 e. The van der Waals surface area contributed by atoms with Gasteiger partial charge in [0.1, 0.15) is 6.54 Å². The van der Waals surface area contributed by atoms with Crippen molar-refractivity contribution in [3.63, 3.8) is 0 Å². The number of hydrogen-bond acceptors (Lipinski definition) is 4. The Bertz CT molecular complexity index is 349. The van der Waals surface area contributed by atoms with Crippen molar-refractivity contribution in [1.29, 1.82) is 0 Å². The summed E-state index contributed by atoms with van der Waals surface area (Å²) >= 11 is 0. The van der Waals surface area contributed by atoms with Gasteiger partial charge in [0.2, 0.25) is 5.89 Å². The van der Waals surface area contributed by atoms with Gasteiger partial charge in [0.15, 0.2) is 0 Å². The first-order valence-electron chi connectivity index (χ1n) is 3.48. The number of nitrogens with zero attached hydrogens (tertiary/aromatic N) is 2. The van der Waals surface area contributed by atoms with Crippen LogP contribution in [0.3, 0.4) is 0 Å². The lowest BCUT2D eigenvalue weighted by Gasteiger charge is -1.86. The van der Waals surface area contributed by atoms with Crippen LogP contribution in [0.1, 0.15) is 5.89 Å². The van der Waals surface area contributed by atoms with Gasteiger partial charge in [-0.2, -0.15) is 4.68 Å². The second-order valence-corrected chi connectivity index (χ2v) is 2.16. The molecule has 0 aliphatic carbocycles. The standard InChI is InChI=1S/C7H9N3O2.ClH/c1-2-5-10-7(11)12-6(9-10)3-4-8;/h1H,3-5,8H2;1H. The van der Waals surface area contributed by atoms with E-state index in [1.807, 2.05) is 0 Å². The molecule has 0 aliphatic heterocycles. The van der Waals surface area contributed by atoms with Gasteiger partial charge in [-0.15, -0.1) is 23.9 Å². The summed E-state index contributed by atoms with van der Waals surface area (Å²) in [5.41, 5.74) is 5.24. The fraction of sp³-hybridized carbons (Fsp3) is 0.429. The number of aromatic nitrogens is 2. The first kappa shape index (κ1) is 11.8. The van der Waals surface area contributed by atoms with Gasteiger partial charge in [0.25, 0.3) is 0 Å². The van der Waals surface area contributed by atoms with Gasteiger partial charge in [-0.25, -0.2) is 4.79 Å². The molecular formula is C7H10ClN3O2. The van der Waals surface area contributed by atoms with Gasteiger partial charge in [-0.1, -0.05) is 5.92 Å². The maximum Gasteiger partial charge on any atom is 0.438 e. The van der Waals surface area contributed by atoms with Crippen LogP contribution in [0.5, 0.6) is 0 Å². The van der Waals surface area contributed by atoms with Crippen molar-refractivity contribution in [2.24, 2.45) is 5.73 Å². The molecule has 0 radical (unpaired) electrons. The van der Waals surface area contributed by atoms with Crippen LogP contribution in [0.4, 0.5) is 0 Å². The quantitative estimate of drug-likeness (QED) is 0.666. The van der Waals surface area contributed by atoms with Crippen LogP contribution in [0.2, 0.25) is 0 Å². The van der Waals surface area contributed by atoms with Crippen LogP contribution >= 0.6 is 12.4 Å². The van der Waals surface area contributed by atoms with E-state index in [-0.39, 0.29) is 19.0 Å². The molecular weight excluding hydrogens is 194 g/mol. The highest BCUT2D eigenvalue weighted by molar-refractivity contribution is 5.85. The van der Waals surface area contributed by atoms with E-state index in [1.165, 1.54) is 0 Å². The summed E-state index contributed by atoms with van der Waals surface area (Å²) in [6, 6.07) is 0. The minimum absolute atomic E-state index is 0. The average molecular weight is 204 g/mol. The van der Waals surface area contributed by atoms with Crippen molar-refractivity contribution in [1.82, 2.24) is 9.78 Å². The first-order chi connectivity index (χ1) is 5.77. The van der Waals surface area contributed by atoms with Gasteiger partial charge in [0, 0.05) is 13.0 Å². The summed E-state index contributed by atoms with van der Waals surface area (Å²) in [5, 5.41) is 3.80. The summed E-state index contributed by atoms with van der Waals surface area (Å²) < 4.78 is 5.82. The molecule has 6 heteroatoms. The molecule has 5 nitrogen and oxygen atoms in total. The van der Waals surface area contributed by atoms with Gasteiger partial charge in [0.05, 0.1) is 0 Å². The second-order valence-electron chi connectivity index (χ2n) is 2.16. The van der Waals surface area contributed by atoms with E-state index >= 15 is 0 Å². The lowest BCUT2D eigenvalue weighted by Crippen LogP contribution is -2.14. The number of halogens is 1. The molecule has 0 aliphatic rings. The Morgan fingerprint density at radius 3 is 2.92 bits per heavy atom. The predicted molar refractivity (Wildman–Crippen MR) is 49.6 cm³/mol. The maximum atomic E-state index is 10.9. The molecule has 1 rings (SSSR count). The monoisotopic (exact) mass is 203 g/mol. The molecule has 1 heterocycles. The Balaban J connectivity index is 0.00000144. The second kappa shape index (κ2) is 5.41. The van der Waals surface area contributed by atoms with Crippen LogP contribution in [0, 0.1) is 12.3 Å². The van der Waals surface area contributed by atoms with Crippen LogP contribution in [-0.2, 0) is 13.0 Å². The Kier molecular flexibility index (Phi) is 4.89. The molecule has 0 amide bonds. The Labute approximate surface area is 81.3 Å². The van der Waals surface area contributed by atoms with E-state index in [1.54, 1.807) is 0 Å². The molecule has 0 saturated heterocycles. The Morgan fingerprint density at radius 2 is 2.38 bits per heavy atom. The summed E-state index contributed by atoms with van der Waals surface area (Å²) in [6.07, 6.45) is 5.45. The molecule has 0 aromatic carbocycles. The Morgan fingerprint density at radius 1 is 1.69 bits per heavy atom. The molecule has 1 aromatic rings. The first-order valence-corrected chi connectivity index (χ1v) is 3.48. The zero-order valence-corrected chi connectivity index (χ0v) is 7.71. The van der Waals surface area contributed by atoms with Crippen molar-refractivity contribution in [3.05, 3.63) is 16.4 Å². The molecule has 0 bridgehead atoms. The molecule has 0 spiro atoms. The SMILES string of the molecule is C#CCn1nc(CCN)oc1=O.Cl. The molecule has 1 aromatic heterocycles. The average Bonchev–Trinajstić information content (AvgIpc) is 2.34. The zero-order chi connectivity index (χ0) is 8.97. The molecule has 0 atom stereocenters. The molecule has 0 saturated carbocycles. The topological polar surface area (TPSA) is 74.1 Å². The largest absolute Gasteiger partial charge is 0.438 e. The third-order valence-electron chi connectivity index (χ3n) is 1.25. The highest BCUT2D eigenvalue weighted by Gasteiger charge is 2.04. The third kappa shape index (κ3) is 2.93. The minimum atomic E-state index is -0.531. The highest BCUT2D eigenvalue weighted by Crippen LogP contribution is 1.89. The molecule has 0 fully saturated rings. The highest BCUT2D eigenvalue weighted by atomic mass is 35.5. The van der Waals surface area contributed by atoms with Crippen LogP contribution < -0.4 is 11.5 Å². The van der Waals surface area contributed by atoms with Gasteiger partial charge in [-0.3, -0.25) is 0 Å². The molecule has 13 heavy (non-hydrogen) atoms. The zero-order valence-electron chi connectivity index (χ0n) is 6.90. The normalized spacial score (nSPS) is 8.92. The fourth-order valence-corrected chi connectivity index (χ4v) is 0.760. The van der Waals surface area contributed by atoms with E-state index in [9.17, 15) is 4.79 Å². The number of terminal acetylenes is 1. The van der Waals surface area contributed by atoms with E-state index < -0.39 is 5.76 Å². The van der Waals surface area contributed by atoms with Crippen LogP contribution in [0.25, 0.3) is 0 Å². The number of rotatable bonds is 3. The lowest BCUT2D eigenvalue weighted by molar-refractivity contribution is 0.452.